The molecule has 1 saturated carbocycles. The SMILES string of the molecule is Clc1ccc2ncc(-c3cc4cnccc4s3)n2n1.OC1CCC(Nc2ccc3ncc(-c4cc5cnccc5s4)n3n2)CC1. The average Bonchev–Trinajstić information content (AvgIpc) is 3.85. The largest absolute Gasteiger partial charge is 0.393 e. The maximum atomic E-state index is 9.67. The molecule has 9 rings (SSSR count). The van der Waals surface area contributed by atoms with Crippen LogP contribution in [0.25, 0.3) is 52.6 Å². The molecule has 0 bridgehead atoms. The molecule has 13 heteroatoms. The molecule has 0 saturated heterocycles. The van der Waals surface area contributed by atoms with E-state index in [0.29, 0.717) is 11.2 Å². The van der Waals surface area contributed by atoms with Crippen LogP contribution in [0.3, 0.4) is 0 Å². The fraction of sp³-hybridized carbons (Fsp3) is 0.188. The van der Waals surface area contributed by atoms with Crippen molar-refractivity contribution in [1.29, 1.82) is 0 Å². The zero-order chi connectivity index (χ0) is 30.3. The van der Waals surface area contributed by atoms with Gasteiger partial charge in [0.1, 0.15) is 22.4 Å². The van der Waals surface area contributed by atoms with Crippen LogP contribution >= 0.6 is 34.3 Å². The average molecular weight is 652 g/mol. The summed E-state index contributed by atoms with van der Waals surface area (Å²) in [5.74, 6) is 0.848. The molecule has 0 amide bonds. The van der Waals surface area contributed by atoms with E-state index in [0.717, 1.165) is 74.7 Å². The van der Waals surface area contributed by atoms with Crippen LogP contribution in [0.5, 0.6) is 0 Å². The number of halogens is 1. The number of rotatable bonds is 4. The van der Waals surface area contributed by atoms with Crippen molar-refractivity contribution in [3.8, 4) is 21.1 Å². The minimum Gasteiger partial charge on any atom is -0.393 e. The van der Waals surface area contributed by atoms with Crippen molar-refractivity contribution in [2.24, 2.45) is 0 Å². The number of imidazole rings is 2. The van der Waals surface area contributed by atoms with E-state index in [-0.39, 0.29) is 6.10 Å². The number of aliphatic hydroxyl groups excluding tert-OH is 1. The third-order valence-corrected chi connectivity index (χ3v) is 10.4. The highest BCUT2D eigenvalue weighted by molar-refractivity contribution is 7.22. The summed E-state index contributed by atoms with van der Waals surface area (Å²) < 4.78 is 6.07. The molecule has 45 heavy (non-hydrogen) atoms. The first-order chi connectivity index (χ1) is 22.1. The van der Waals surface area contributed by atoms with E-state index in [1.807, 2.05) is 65.8 Å². The van der Waals surface area contributed by atoms with Gasteiger partial charge in [-0.3, -0.25) is 9.97 Å². The fourth-order valence-electron chi connectivity index (χ4n) is 5.59. The number of hydrogen-bond acceptors (Lipinski definition) is 10. The van der Waals surface area contributed by atoms with E-state index in [2.05, 4.69) is 42.5 Å². The minimum atomic E-state index is -0.147. The summed E-state index contributed by atoms with van der Waals surface area (Å²) in [6.45, 7) is 0. The van der Waals surface area contributed by atoms with Crippen LogP contribution in [0.1, 0.15) is 25.7 Å². The van der Waals surface area contributed by atoms with Gasteiger partial charge in [-0.05, 0) is 74.2 Å². The lowest BCUT2D eigenvalue weighted by atomic mass is 9.93. The Labute approximate surface area is 270 Å². The second kappa shape index (κ2) is 11.8. The number of hydrogen-bond donors (Lipinski definition) is 2. The van der Waals surface area contributed by atoms with Crippen molar-refractivity contribution in [3.63, 3.8) is 0 Å². The van der Waals surface area contributed by atoms with Crippen LogP contribution < -0.4 is 5.32 Å². The molecule has 0 radical (unpaired) electrons. The van der Waals surface area contributed by atoms with Gasteiger partial charge in [-0.15, -0.1) is 27.8 Å². The smallest absolute Gasteiger partial charge is 0.154 e. The molecule has 224 valence electrons. The van der Waals surface area contributed by atoms with Gasteiger partial charge in [0.15, 0.2) is 11.3 Å². The molecule has 8 aromatic rings. The molecule has 1 aliphatic carbocycles. The summed E-state index contributed by atoms with van der Waals surface area (Å²) in [6.07, 6.45) is 14.6. The Morgan fingerprint density at radius 2 is 1.29 bits per heavy atom. The lowest BCUT2D eigenvalue weighted by Crippen LogP contribution is -2.28. The normalized spacial score (nSPS) is 16.8. The minimum absolute atomic E-state index is 0.147. The Balaban J connectivity index is 0.000000140. The molecule has 10 nitrogen and oxygen atoms in total. The van der Waals surface area contributed by atoms with Crippen LogP contribution in [0.4, 0.5) is 5.82 Å². The first-order valence-corrected chi connectivity index (χ1v) is 16.6. The molecule has 0 unspecified atom stereocenters. The van der Waals surface area contributed by atoms with Gasteiger partial charge in [0.05, 0.1) is 28.3 Å². The van der Waals surface area contributed by atoms with Gasteiger partial charge < -0.3 is 10.4 Å². The predicted molar refractivity (Wildman–Crippen MR) is 180 cm³/mol. The quantitative estimate of drug-likeness (QED) is 0.202. The van der Waals surface area contributed by atoms with Crippen LogP contribution in [-0.2, 0) is 0 Å². The summed E-state index contributed by atoms with van der Waals surface area (Å²) in [7, 11) is 0. The van der Waals surface area contributed by atoms with Gasteiger partial charge in [-0.1, -0.05) is 11.6 Å². The first-order valence-electron chi connectivity index (χ1n) is 14.5. The second-order valence-corrected chi connectivity index (χ2v) is 13.5. The molecule has 1 aliphatic rings. The monoisotopic (exact) mass is 651 g/mol. The number of fused-ring (bicyclic) bond motifs is 4. The Hall–Kier alpha value is -4.49. The van der Waals surface area contributed by atoms with Crippen molar-refractivity contribution in [2.75, 3.05) is 5.32 Å². The standard InChI is InChI=1S/C19H19N5OS.C13H7ClN4S/c25-14-3-1-13(2-4-14)22-18-5-6-19-21-11-15(24(19)23-18)17-9-12-10-20-8-7-16(12)26-17;14-12-1-2-13-16-7-9(18(13)17-12)11-5-8-6-15-4-3-10(8)19-11/h5-11,13-14,25H,1-4H2,(H,22,23);1-7H. The molecule has 2 N–H and O–H groups in total. The summed E-state index contributed by atoms with van der Waals surface area (Å²) in [5, 5.41) is 25.0. The van der Waals surface area contributed by atoms with Gasteiger partial charge in [0, 0.05) is 51.0 Å². The van der Waals surface area contributed by atoms with Gasteiger partial charge in [0.25, 0.3) is 0 Å². The van der Waals surface area contributed by atoms with Gasteiger partial charge >= 0.3 is 0 Å². The lowest BCUT2D eigenvalue weighted by molar-refractivity contribution is 0.126. The third-order valence-electron chi connectivity index (χ3n) is 7.88. The van der Waals surface area contributed by atoms with Crippen molar-refractivity contribution in [2.45, 2.75) is 37.8 Å². The van der Waals surface area contributed by atoms with Crippen LogP contribution in [0.2, 0.25) is 5.15 Å². The number of thiophene rings is 2. The number of nitrogens with zero attached hydrogens (tertiary/aromatic N) is 8. The topological polar surface area (TPSA) is 118 Å². The summed E-state index contributed by atoms with van der Waals surface area (Å²) in [5.41, 5.74) is 3.55. The van der Waals surface area contributed by atoms with E-state index in [1.165, 1.54) is 9.40 Å². The molecular formula is C32H26ClN9OS2. The number of nitrogens with one attached hydrogen (secondary N) is 1. The van der Waals surface area contributed by atoms with Crippen molar-refractivity contribution in [3.05, 3.63) is 90.9 Å². The van der Waals surface area contributed by atoms with Crippen molar-refractivity contribution < 1.29 is 5.11 Å². The summed E-state index contributed by atoms with van der Waals surface area (Å²) in [6, 6.07) is 16.2. The van der Waals surface area contributed by atoms with Crippen molar-refractivity contribution in [1.82, 2.24) is 39.2 Å². The Bertz CT molecular complexity index is 2220. The molecule has 0 atom stereocenters. The van der Waals surface area contributed by atoms with Gasteiger partial charge in [0.2, 0.25) is 0 Å². The molecule has 0 aromatic carbocycles. The van der Waals surface area contributed by atoms with Crippen LogP contribution in [-0.4, -0.2) is 56.4 Å². The molecular weight excluding hydrogens is 626 g/mol. The predicted octanol–water partition coefficient (Wildman–Crippen LogP) is 7.38. The number of pyridine rings is 2. The van der Waals surface area contributed by atoms with E-state index in [4.69, 9.17) is 16.7 Å². The highest BCUT2D eigenvalue weighted by atomic mass is 35.5. The maximum absolute atomic E-state index is 9.67. The number of aromatic nitrogens is 8. The third kappa shape index (κ3) is 5.61. The highest BCUT2D eigenvalue weighted by Crippen LogP contribution is 2.34. The summed E-state index contributed by atoms with van der Waals surface area (Å²) >= 11 is 9.36. The van der Waals surface area contributed by atoms with E-state index in [1.54, 1.807) is 39.5 Å². The second-order valence-electron chi connectivity index (χ2n) is 10.9. The fourth-order valence-corrected chi connectivity index (χ4v) is 7.78. The van der Waals surface area contributed by atoms with Crippen LogP contribution in [0, 0.1) is 0 Å². The molecule has 8 heterocycles. The molecule has 8 aromatic heterocycles. The van der Waals surface area contributed by atoms with Gasteiger partial charge in [-0.2, -0.15) is 5.10 Å². The first kappa shape index (κ1) is 28.0. The zero-order valence-electron chi connectivity index (χ0n) is 23.8. The number of anilines is 1. The Morgan fingerprint density at radius 1 is 0.711 bits per heavy atom. The van der Waals surface area contributed by atoms with E-state index < -0.39 is 0 Å². The maximum Gasteiger partial charge on any atom is 0.154 e. The Kier molecular flexibility index (Phi) is 7.34. The molecule has 1 fully saturated rings. The van der Waals surface area contributed by atoms with Crippen LogP contribution in [0.15, 0.2) is 85.7 Å². The van der Waals surface area contributed by atoms with E-state index >= 15 is 0 Å². The molecule has 0 aliphatic heterocycles. The number of aliphatic hydroxyl groups is 1. The Morgan fingerprint density at radius 3 is 1.89 bits per heavy atom. The lowest BCUT2D eigenvalue weighted by Gasteiger charge is -2.26. The molecule has 0 spiro atoms. The van der Waals surface area contributed by atoms with Gasteiger partial charge in [-0.25, -0.2) is 19.0 Å². The zero-order valence-corrected chi connectivity index (χ0v) is 26.2. The summed E-state index contributed by atoms with van der Waals surface area (Å²) in [4.78, 5) is 19.4. The highest BCUT2D eigenvalue weighted by Gasteiger charge is 2.20. The van der Waals surface area contributed by atoms with E-state index in [9.17, 15) is 5.11 Å². The van der Waals surface area contributed by atoms with Crippen molar-refractivity contribution >= 4 is 71.6 Å².